The molecule has 1 aromatic heterocycles. The van der Waals surface area contributed by atoms with Crippen molar-refractivity contribution in [2.45, 2.75) is 0 Å². The summed E-state index contributed by atoms with van der Waals surface area (Å²) in [5, 5.41) is 1.00. The van der Waals surface area contributed by atoms with Crippen LogP contribution in [0.5, 0.6) is 0 Å². The number of nitrogens with zero attached hydrogens (tertiary/aromatic N) is 1. The summed E-state index contributed by atoms with van der Waals surface area (Å²) in [6.45, 7) is 0. The van der Waals surface area contributed by atoms with Gasteiger partial charge in [0.05, 0.1) is 5.52 Å². The van der Waals surface area contributed by atoms with Crippen molar-refractivity contribution >= 4 is 16.7 Å². The summed E-state index contributed by atoms with van der Waals surface area (Å²) >= 11 is 0. The first-order chi connectivity index (χ1) is 6.81. The molecular weight excluding hydrogens is 174 g/mol. The maximum Gasteiger partial charge on any atom is 0.253 e. The molecule has 1 aromatic carbocycles. The van der Waals surface area contributed by atoms with Gasteiger partial charge in [-0.15, -0.1) is 6.42 Å². The van der Waals surface area contributed by atoms with E-state index in [1.165, 1.54) is 0 Å². The van der Waals surface area contributed by atoms with Gasteiger partial charge in [0.1, 0.15) is 5.69 Å². The number of pyridine rings is 1. The zero-order chi connectivity index (χ0) is 9.97. The zero-order valence-electron chi connectivity index (χ0n) is 7.40. The van der Waals surface area contributed by atoms with Gasteiger partial charge in [0.15, 0.2) is 0 Å². The van der Waals surface area contributed by atoms with Crippen molar-refractivity contribution in [2.75, 3.05) is 0 Å². The molecule has 0 atom stereocenters. The smallest absolute Gasteiger partial charge is 0.253 e. The van der Waals surface area contributed by atoms with E-state index in [0.29, 0.717) is 5.69 Å². The highest BCUT2D eigenvalue weighted by Crippen LogP contribution is 2.11. The number of rotatable bonds is 1. The second-order valence-electron chi connectivity index (χ2n) is 2.86. The maximum atomic E-state index is 11.2. The van der Waals surface area contributed by atoms with Crippen LogP contribution in [0.25, 0.3) is 10.9 Å². The Balaban J connectivity index is 2.64. The van der Waals surface area contributed by atoms with Crippen molar-refractivity contribution < 1.29 is 4.79 Å². The topological polar surface area (TPSA) is 30.0 Å². The van der Waals surface area contributed by atoms with Gasteiger partial charge in [0, 0.05) is 5.39 Å². The average molecular weight is 181 g/mol. The van der Waals surface area contributed by atoms with Gasteiger partial charge in [-0.25, -0.2) is 4.98 Å². The molecule has 66 valence electrons. The third-order valence-corrected chi connectivity index (χ3v) is 1.96. The molecule has 0 saturated carbocycles. The number of para-hydroxylation sites is 1. The lowest BCUT2D eigenvalue weighted by Gasteiger charge is -1.97. The van der Waals surface area contributed by atoms with E-state index in [1.54, 1.807) is 6.07 Å². The quantitative estimate of drug-likeness (QED) is 0.383. The number of carbonyl (C=O) groups excluding carboxylic acids is 1. The van der Waals surface area contributed by atoms with E-state index in [0.717, 1.165) is 10.9 Å². The predicted octanol–water partition coefficient (Wildman–Crippen LogP) is 2.05. The predicted molar refractivity (Wildman–Crippen MR) is 54.9 cm³/mol. The molecule has 0 aliphatic rings. The van der Waals surface area contributed by atoms with E-state index in [1.807, 2.05) is 36.3 Å². The Labute approximate surface area is 81.6 Å². The van der Waals surface area contributed by atoms with Crippen molar-refractivity contribution in [3.05, 3.63) is 42.1 Å². The summed E-state index contributed by atoms with van der Waals surface area (Å²) in [4.78, 5) is 15.3. The number of Topliss-reactive ketones (excluding diaryl/α,β-unsaturated/α-hetero) is 1. The van der Waals surface area contributed by atoms with Gasteiger partial charge < -0.3 is 0 Å². The minimum absolute atomic E-state index is 0.325. The van der Waals surface area contributed by atoms with Crippen LogP contribution >= 0.6 is 0 Å². The van der Waals surface area contributed by atoms with Gasteiger partial charge in [-0.1, -0.05) is 24.3 Å². The molecule has 1 heterocycles. The van der Waals surface area contributed by atoms with Crippen LogP contribution in [-0.4, -0.2) is 10.8 Å². The molecule has 2 aromatic rings. The largest absolute Gasteiger partial charge is 0.277 e. The Morgan fingerprint density at radius 1 is 1.21 bits per heavy atom. The molecule has 0 amide bonds. The average Bonchev–Trinajstić information content (AvgIpc) is 2.27. The number of terminal acetylenes is 1. The molecule has 0 aliphatic carbocycles. The van der Waals surface area contributed by atoms with Crippen LogP contribution in [0.3, 0.4) is 0 Å². The summed E-state index contributed by atoms with van der Waals surface area (Å²) in [5.41, 5.74) is 1.11. The van der Waals surface area contributed by atoms with Crippen LogP contribution in [0.4, 0.5) is 0 Å². The molecule has 0 spiro atoms. The third kappa shape index (κ3) is 1.36. The van der Waals surface area contributed by atoms with Crippen LogP contribution in [0.15, 0.2) is 36.4 Å². The molecule has 0 bridgehead atoms. The molecule has 2 rings (SSSR count). The highest BCUT2D eigenvalue weighted by atomic mass is 16.1. The van der Waals surface area contributed by atoms with Crippen molar-refractivity contribution in [3.8, 4) is 12.3 Å². The fourth-order valence-electron chi connectivity index (χ4n) is 1.27. The molecule has 0 fully saturated rings. The fraction of sp³-hybridized carbons (Fsp3) is 0. The number of carbonyl (C=O) groups is 1. The lowest BCUT2D eigenvalue weighted by Crippen LogP contribution is -1.98. The van der Waals surface area contributed by atoms with Gasteiger partial charge in [-0.2, -0.15) is 0 Å². The molecule has 0 saturated heterocycles. The standard InChI is InChI=1S/C12H7NO/c1-2-12(14)11-8-7-9-5-3-4-6-10(9)13-11/h1,3-8H. The second kappa shape index (κ2) is 3.31. The molecular formula is C12H7NO. The minimum atomic E-state index is -0.379. The molecule has 2 nitrogen and oxygen atoms in total. The number of benzene rings is 1. The van der Waals surface area contributed by atoms with Crippen LogP contribution in [0.2, 0.25) is 0 Å². The van der Waals surface area contributed by atoms with E-state index in [4.69, 9.17) is 6.42 Å². The zero-order valence-corrected chi connectivity index (χ0v) is 7.40. The van der Waals surface area contributed by atoms with Crippen LogP contribution < -0.4 is 0 Å². The number of ketones is 1. The first kappa shape index (κ1) is 8.46. The summed E-state index contributed by atoms with van der Waals surface area (Å²) in [6, 6.07) is 11.1. The Morgan fingerprint density at radius 2 is 2.00 bits per heavy atom. The SMILES string of the molecule is C#CC(=O)c1ccc2ccccc2n1. The van der Waals surface area contributed by atoms with E-state index in [2.05, 4.69) is 4.98 Å². The van der Waals surface area contributed by atoms with E-state index < -0.39 is 0 Å². The molecule has 0 unspecified atom stereocenters. The number of hydrogen-bond donors (Lipinski definition) is 0. The maximum absolute atomic E-state index is 11.2. The second-order valence-corrected chi connectivity index (χ2v) is 2.86. The van der Waals surface area contributed by atoms with E-state index in [9.17, 15) is 4.79 Å². The van der Waals surface area contributed by atoms with Gasteiger partial charge in [0.2, 0.25) is 0 Å². The minimum Gasteiger partial charge on any atom is -0.277 e. The Kier molecular flexibility index (Phi) is 2.00. The van der Waals surface area contributed by atoms with Crippen molar-refractivity contribution in [1.82, 2.24) is 4.98 Å². The Bertz CT molecular complexity index is 537. The first-order valence-electron chi connectivity index (χ1n) is 4.18. The lowest BCUT2D eigenvalue weighted by molar-refractivity contribution is 0.105. The first-order valence-corrected chi connectivity index (χ1v) is 4.18. The monoisotopic (exact) mass is 181 g/mol. The van der Waals surface area contributed by atoms with Crippen LogP contribution in [0.1, 0.15) is 10.5 Å². The third-order valence-electron chi connectivity index (χ3n) is 1.96. The summed E-state index contributed by atoms with van der Waals surface area (Å²) < 4.78 is 0. The van der Waals surface area contributed by atoms with Crippen LogP contribution in [-0.2, 0) is 0 Å². The number of aromatic nitrogens is 1. The lowest BCUT2D eigenvalue weighted by atomic mass is 10.2. The van der Waals surface area contributed by atoms with Crippen molar-refractivity contribution in [1.29, 1.82) is 0 Å². The van der Waals surface area contributed by atoms with Crippen LogP contribution in [0, 0.1) is 12.3 Å². The summed E-state index contributed by atoms with van der Waals surface area (Å²) in [6.07, 6.45) is 5.01. The Hall–Kier alpha value is -2.14. The summed E-state index contributed by atoms with van der Waals surface area (Å²) in [7, 11) is 0. The highest BCUT2D eigenvalue weighted by molar-refractivity contribution is 6.08. The fourth-order valence-corrected chi connectivity index (χ4v) is 1.27. The normalized spacial score (nSPS) is 9.64. The van der Waals surface area contributed by atoms with Gasteiger partial charge >= 0.3 is 0 Å². The highest BCUT2D eigenvalue weighted by Gasteiger charge is 2.03. The van der Waals surface area contributed by atoms with E-state index >= 15 is 0 Å². The Morgan fingerprint density at radius 3 is 2.79 bits per heavy atom. The van der Waals surface area contributed by atoms with Gasteiger partial charge in [-0.05, 0) is 18.1 Å². The molecule has 14 heavy (non-hydrogen) atoms. The van der Waals surface area contributed by atoms with Gasteiger partial charge in [-0.3, -0.25) is 4.79 Å². The van der Waals surface area contributed by atoms with Crippen molar-refractivity contribution in [2.24, 2.45) is 0 Å². The number of hydrogen-bond acceptors (Lipinski definition) is 2. The number of fused-ring (bicyclic) bond motifs is 1. The molecule has 0 radical (unpaired) electrons. The molecule has 0 N–H and O–H groups in total. The molecule has 2 heteroatoms. The summed E-state index contributed by atoms with van der Waals surface area (Å²) in [5.74, 6) is 1.67. The molecule has 0 aliphatic heterocycles. The van der Waals surface area contributed by atoms with Crippen molar-refractivity contribution in [3.63, 3.8) is 0 Å². The van der Waals surface area contributed by atoms with Gasteiger partial charge in [0.25, 0.3) is 5.78 Å². The van der Waals surface area contributed by atoms with E-state index in [-0.39, 0.29) is 5.78 Å².